The molecule has 0 N–H and O–H groups in total. The topological polar surface area (TPSA) is 25.8 Å². The Morgan fingerprint density at radius 1 is 1.50 bits per heavy atom. The molecule has 0 spiro atoms. The van der Waals surface area contributed by atoms with E-state index in [-0.39, 0.29) is 0 Å². The summed E-state index contributed by atoms with van der Waals surface area (Å²) in [6.45, 7) is 3.99. The Morgan fingerprint density at radius 3 is 2.83 bits per heavy atom. The van der Waals surface area contributed by atoms with Crippen molar-refractivity contribution in [3.05, 3.63) is 28.8 Å². The number of allylic oxidation sites excluding steroid dienone is 1. The molecule has 0 saturated carbocycles. The van der Waals surface area contributed by atoms with Gasteiger partial charge in [0.1, 0.15) is 11.5 Å². The molecule has 12 heavy (non-hydrogen) atoms. The van der Waals surface area contributed by atoms with Gasteiger partial charge >= 0.3 is 0 Å². The molecule has 1 rings (SSSR count). The van der Waals surface area contributed by atoms with Crippen LogP contribution in [0.2, 0.25) is 5.15 Å². The lowest BCUT2D eigenvalue weighted by molar-refractivity contribution is 1.09. The second-order valence-corrected chi connectivity index (χ2v) is 2.83. The van der Waals surface area contributed by atoms with Gasteiger partial charge in [0, 0.05) is 11.3 Å². The van der Waals surface area contributed by atoms with E-state index in [0.29, 0.717) is 5.15 Å². The molecule has 0 aliphatic heterocycles. The molecule has 1 aromatic rings. The Morgan fingerprint density at radius 2 is 2.25 bits per heavy atom. The number of hydrogen-bond acceptors (Lipinski definition) is 2. The highest BCUT2D eigenvalue weighted by atomic mass is 35.5. The molecule has 0 bridgehead atoms. The molecule has 0 aliphatic carbocycles. The van der Waals surface area contributed by atoms with Gasteiger partial charge < -0.3 is 0 Å². The summed E-state index contributed by atoms with van der Waals surface area (Å²) < 4.78 is 0. The van der Waals surface area contributed by atoms with Crippen molar-refractivity contribution in [2.24, 2.45) is 0 Å². The highest BCUT2D eigenvalue weighted by Gasteiger charge is 2.00. The first kappa shape index (κ1) is 9.20. The highest BCUT2D eigenvalue weighted by molar-refractivity contribution is 6.30. The molecule has 2 nitrogen and oxygen atoms in total. The molecule has 0 fully saturated rings. The van der Waals surface area contributed by atoms with Crippen molar-refractivity contribution in [1.29, 1.82) is 0 Å². The van der Waals surface area contributed by atoms with E-state index in [1.807, 2.05) is 19.1 Å². The summed E-state index contributed by atoms with van der Waals surface area (Å²) in [7, 11) is 0. The summed E-state index contributed by atoms with van der Waals surface area (Å²) in [6.07, 6.45) is 6.46. The Kier molecular flexibility index (Phi) is 3.23. The fraction of sp³-hybridized carbons (Fsp3) is 0.333. The third-order valence-corrected chi connectivity index (χ3v) is 1.86. The summed E-state index contributed by atoms with van der Waals surface area (Å²) in [5.74, 6) is 0. The zero-order chi connectivity index (χ0) is 8.97. The molecule has 0 aliphatic rings. The van der Waals surface area contributed by atoms with Crippen molar-refractivity contribution in [1.82, 2.24) is 9.97 Å². The first-order valence-electron chi connectivity index (χ1n) is 3.89. The zero-order valence-corrected chi connectivity index (χ0v) is 7.97. The second-order valence-electron chi connectivity index (χ2n) is 2.47. The van der Waals surface area contributed by atoms with Gasteiger partial charge in [-0.15, -0.1) is 0 Å². The molecule has 0 aromatic carbocycles. The SMILES string of the molecule is CC/C=C\c1c(C)ncnc1Cl. The molecule has 0 amide bonds. The minimum atomic E-state index is 0.521. The smallest absolute Gasteiger partial charge is 0.139 e. The third-order valence-electron chi connectivity index (χ3n) is 1.55. The maximum atomic E-state index is 5.86. The fourth-order valence-corrected chi connectivity index (χ4v) is 1.12. The first-order chi connectivity index (χ1) is 5.75. The van der Waals surface area contributed by atoms with Crippen molar-refractivity contribution < 1.29 is 0 Å². The van der Waals surface area contributed by atoms with Gasteiger partial charge in [0.2, 0.25) is 0 Å². The van der Waals surface area contributed by atoms with Gasteiger partial charge in [-0.3, -0.25) is 0 Å². The molecule has 0 atom stereocenters. The van der Waals surface area contributed by atoms with Crippen molar-refractivity contribution >= 4 is 17.7 Å². The quantitative estimate of drug-likeness (QED) is 0.658. The summed E-state index contributed by atoms with van der Waals surface area (Å²) in [4.78, 5) is 7.94. The lowest BCUT2D eigenvalue weighted by Gasteiger charge is -1.99. The van der Waals surface area contributed by atoms with Crippen LogP contribution in [0.5, 0.6) is 0 Å². The van der Waals surface area contributed by atoms with Crippen LogP contribution in [-0.2, 0) is 0 Å². The average Bonchev–Trinajstić information content (AvgIpc) is 2.04. The van der Waals surface area contributed by atoms with Crippen LogP contribution < -0.4 is 0 Å². The largest absolute Gasteiger partial charge is 0.241 e. The van der Waals surface area contributed by atoms with Crippen molar-refractivity contribution in [3.63, 3.8) is 0 Å². The van der Waals surface area contributed by atoms with Gasteiger partial charge in [-0.25, -0.2) is 9.97 Å². The lowest BCUT2D eigenvalue weighted by atomic mass is 10.2. The van der Waals surface area contributed by atoms with Crippen LogP contribution in [0.25, 0.3) is 6.08 Å². The number of hydrogen-bond donors (Lipinski definition) is 0. The van der Waals surface area contributed by atoms with Gasteiger partial charge in [0.05, 0.1) is 0 Å². The van der Waals surface area contributed by atoms with E-state index in [1.165, 1.54) is 6.33 Å². The van der Waals surface area contributed by atoms with Gasteiger partial charge in [-0.1, -0.05) is 30.7 Å². The molecule has 0 radical (unpaired) electrons. The van der Waals surface area contributed by atoms with Gasteiger partial charge in [-0.05, 0) is 13.3 Å². The van der Waals surface area contributed by atoms with Crippen LogP contribution in [-0.4, -0.2) is 9.97 Å². The number of halogens is 1. The number of nitrogens with zero attached hydrogens (tertiary/aromatic N) is 2. The Labute approximate surface area is 77.3 Å². The summed E-state index contributed by atoms with van der Waals surface area (Å²) in [6, 6.07) is 0. The molecule has 64 valence electrons. The minimum absolute atomic E-state index is 0.521. The highest BCUT2D eigenvalue weighted by Crippen LogP contribution is 2.16. The monoisotopic (exact) mass is 182 g/mol. The Balaban J connectivity index is 3.04. The van der Waals surface area contributed by atoms with Gasteiger partial charge in [0.15, 0.2) is 0 Å². The summed E-state index contributed by atoms with van der Waals surface area (Å²) in [5.41, 5.74) is 1.83. The van der Waals surface area contributed by atoms with Gasteiger partial charge in [0.25, 0.3) is 0 Å². The molecule has 1 heterocycles. The third kappa shape index (κ3) is 2.05. The standard InChI is InChI=1S/C9H11ClN2/c1-3-4-5-8-7(2)11-6-12-9(8)10/h4-6H,3H2,1-2H3/b5-4-. The number of aryl methyl sites for hydroxylation is 1. The number of aromatic nitrogens is 2. The molecule has 3 heteroatoms. The maximum Gasteiger partial charge on any atom is 0.139 e. The predicted octanol–water partition coefficient (Wildman–Crippen LogP) is 2.86. The van der Waals surface area contributed by atoms with E-state index in [0.717, 1.165) is 17.7 Å². The second kappa shape index (κ2) is 4.21. The molecular weight excluding hydrogens is 172 g/mol. The molecule has 0 unspecified atom stereocenters. The van der Waals surface area contributed by atoms with E-state index in [2.05, 4.69) is 16.9 Å². The average molecular weight is 183 g/mol. The predicted molar refractivity (Wildman–Crippen MR) is 51.1 cm³/mol. The number of rotatable bonds is 2. The minimum Gasteiger partial charge on any atom is -0.241 e. The van der Waals surface area contributed by atoms with Crippen LogP contribution in [0.15, 0.2) is 12.4 Å². The van der Waals surface area contributed by atoms with Gasteiger partial charge in [-0.2, -0.15) is 0 Å². The van der Waals surface area contributed by atoms with E-state index >= 15 is 0 Å². The molecule has 1 aromatic heterocycles. The first-order valence-corrected chi connectivity index (χ1v) is 4.27. The normalized spacial score (nSPS) is 10.9. The Bertz CT molecular complexity index is 274. The maximum absolute atomic E-state index is 5.86. The van der Waals surface area contributed by atoms with Crippen LogP contribution in [0, 0.1) is 6.92 Å². The van der Waals surface area contributed by atoms with Crippen LogP contribution in [0.3, 0.4) is 0 Å². The van der Waals surface area contributed by atoms with Crippen molar-refractivity contribution in [3.8, 4) is 0 Å². The van der Waals surface area contributed by atoms with E-state index in [4.69, 9.17) is 11.6 Å². The van der Waals surface area contributed by atoms with Crippen LogP contribution in [0.1, 0.15) is 24.6 Å². The van der Waals surface area contributed by atoms with Crippen LogP contribution in [0.4, 0.5) is 0 Å². The zero-order valence-electron chi connectivity index (χ0n) is 7.21. The molecule has 0 saturated heterocycles. The summed E-state index contributed by atoms with van der Waals surface area (Å²) >= 11 is 5.86. The fourth-order valence-electron chi connectivity index (χ4n) is 0.880. The van der Waals surface area contributed by atoms with E-state index in [1.54, 1.807) is 0 Å². The lowest BCUT2D eigenvalue weighted by Crippen LogP contribution is -1.89. The van der Waals surface area contributed by atoms with Crippen LogP contribution >= 0.6 is 11.6 Å². The Hall–Kier alpha value is -0.890. The van der Waals surface area contributed by atoms with E-state index < -0.39 is 0 Å². The van der Waals surface area contributed by atoms with Crippen molar-refractivity contribution in [2.75, 3.05) is 0 Å². The van der Waals surface area contributed by atoms with Crippen molar-refractivity contribution in [2.45, 2.75) is 20.3 Å². The summed E-state index contributed by atoms with van der Waals surface area (Å²) in [5, 5.41) is 0.521. The van der Waals surface area contributed by atoms with E-state index in [9.17, 15) is 0 Å². The molecular formula is C9H11ClN2.